The van der Waals surface area contributed by atoms with Crippen LogP contribution in [0.2, 0.25) is 0 Å². The van der Waals surface area contributed by atoms with Gasteiger partial charge in [0.2, 0.25) is 0 Å². The van der Waals surface area contributed by atoms with E-state index in [1.807, 2.05) is 80.6 Å². The zero-order valence-electron chi connectivity index (χ0n) is 21.7. The number of rotatable bonds is 6. The molecule has 5 aromatic rings. The Morgan fingerprint density at radius 1 is 0.868 bits per heavy atom. The molecule has 4 heteroatoms. The third-order valence-corrected chi connectivity index (χ3v) is 7.27. The standard InChI is InChI=1S/C34H28O4/c1-4-37-34(35)32-29(24-17-19-25(36-3)20-18-24)28-21(2)38-33(31(28)30(32)23-12-6-5-7-13-23)27-16-10-14-22-11-8-9-15-26(22)27/h5-20,29H,4H2,1-3H3. The van der Waals surface area contributed by atoms with Gasteiger partial charge in [0.05, 0.1) is 19.3 Å². The molecule has 0 amide bonds. The summed E-state index contributed by atoms with van der Waals surface area (Å²) >= 11 is 0. The summed E-state index contributed by atoms with van der Waals surface area (Å²) in [5.74, 6) is 1.67. The first-order chi connectivity index (χ1) is 18.6. The van der Waals surface area contributed by atoms with Crippen LogP contribution in [-0.2, 0) is 9.53 Å². The van der Waals surface area contributed by atoms with Gasteiger partial charge in [-0.3, -0.25) is 0 Å². The lowest BCUT2D eigenvalue weighted by Gasteiger charge is -2.17. The van der Waals surface area contributed by atoms with Gasteiger partial charge in [-0.1, -0.05) is 84.9 Å². The minimum Gasteiger partial charge on any atom is -0.497 e. The number of fused-ring (bicyclic) bond motifs is 2. The van der Waals surface area contributed by atoms with Crippen LogP contribution in [0.4, 0.5) is 0 Å². The van der Waals surface area contributed by atoms with Crippen LogP contribution >= 0.6 is 0 Å². The van der Waals surface area contributed by atoms with Gasteiger partial charge in [-0.15, -0.1) is 0 Å². The second kappa shape index (κ2) is 9.71. The number of esters is 1. The Labute approximate surface area is 222 Å². The number of hydrogen-bond donors (Lipinski definition) is 0. The van der Waals surface area contributed by atoms with Crippen LogP contribution in [0.5, 0.6) is 5.75 Å². The van der Waals surface area contributed by atoms with Gasteiger partial charge in [-0.25, -0.2) is 4.79 Å². The number of benzene rings is 4. The number of ether oxygens (including phenoxy) is 2. The fraction of sp³-hybridized carbons (Fsp3) is 0.147. The molecule has 0 saturated heterocycles. The van der Waals surface area contributed by atoms with E-state index in [9.17, 15) is 4.79 Å². The van der Waals surface area contributed by atoms with Gasteiger partial charge < -0.3 is 13.9 Å². The predicted molar refractivity (Wildman–Crippen MR) is 150 cm³/mol. The van der Waals surface area contributed by atoms with Crippen LogP contribution in [0.1, 0.15) is 40.9 Å². The molecular weight excluding hydrogens is 472 g/mol. The van der Waals surface area contributed by atoms with Crippen LogP contribution in [0, 0.1) is 6.92 Å². The van der Waals surface area contributed by atoms with Gasteiger partial charge >= 0.3 is 5.97 Å². The maximum Gasteiger partial charge on any atom is 0.335 e. The summed E-state index contributed by atoms with van der Waals surface area (Å²) < 4.78 is 17.7. The first kappa shape index (κ1) is 23.8. The van der Waals surface area contributed by atoms with Gasteiger partial charge in [0.25, 0.3) is 0 Å². The summed E-state index contributed by atoms with van der Waals surface area (Å²) in [6.45, 7) is 4.12. The molecule has 1 aromatic heterocycles. The molecule has 0 N–H and O–H groups in total. The first-order valence-corrected chi connectivity index (χ1v) is 12.8. The molecule has 0 bridgehead atoms. The fourth-order valence-electron chi connectivity index (χ4n) is 5.65. The van der Waals surface area contributed by atoms with E-state index < -0.39 is 0 Å². The third kappa shape index (κ3) is 3.81. The Hall–Kier alpha value is -4.57. The molecule has 0 aliphatic heterocycles. The molecule has 188 valence electrons. The van der Waals surface area contributed by atoms with Gasteiger partial charge in [0.1, 0.15) is 17.3 Å². The molecule has 0 saturated carbocycles. The van der Waals surface area contributed by atoms with Crippen LogP contribution in [0.3, 0.4) is 0 Å². The molecule has 6 rings (SSSR count). The maximum atomic E-state index is 13.7. The molecule has 0 spiro atoms. The average Bonchev–Trinajstić information content (AvgIpc) is 3.49. The van der Waals surface area contributed by atoms with Crippen LogP contribution in [0.25, 0.3) is 27.7 Å². The molecule has 0 fully saturated rings. The lowest BCUT2D eigenvalue weighted by molar-refractivity contribution is -0.138. The number of methoxy groups -OCH3 is 1. The molecule has 4 nitrogen and oxygen atoms in total. The van der Waals surface area contributed by atoms with E-state index in [-0.39, 0.29) is 11.9 Å². The lowest BCUT2D eigenvalue weighted by atomic mass is 9.87. The van der Waals surface area contributed by atoms with Gasteiger partial charge in [0.15, 0.2) is 0 Å². The average molecular weight is 501 g/mol. The van der Waals surface area contributed by atoms with E-state index in [0.29, 0.717) is 12.2 Å². The summed E-state index contributed by atoms with van der Waals surface area (Å²) in [5.41, 5.74) is 6.38. The zero-order valence-corrected chi connectivity index (χ0v) is 21.7. The van der Waals surface area contributed by atoms with Gasteiger partial charge in [0, 0.05) is 28.2 Å². The molecule has 1 unspecified atom stereocenters. The molecule has 1 atom stereocenters. The topological polar surface area (TPSA) is 48.7 Å². The normalized spacial score (nSPS) is 14.6. The van der Waals surface area contributed by atoms with Crippen molar-refractivity contribution in [1.82, 2.24) is 0 Å². The molecule has 4 aromatic carbocycles. The van der Waals surface area contributed by atoms with Crippen molar-refractivity contribution in [3.8, 4) is 17.1 Å². The lowest BCUT2D eigenvalue weighted by Crippen LogP contribution is -2.15. The third-order valence-electron chi connectivity index (χ3n) is 7.27. The summed E-state index contributed by atoms with van der Waals surface area (Å²) in [4.78, 5) is 13.7. The molecule has 1 heterocycles. The van der Waals surface area contributed by atoms with Gasteiger partial charge in [-0.05, 0) is 47.9 Å². The van der Waals surface area contributed by atoms with Gasteiger partial charge in [-0.2, -0.15) is 0 Å². The Bertz CT molecular complexity index is 1670. The molecule has 0 radical (unpaired) electrons. The van der Waals surface area contributed by atoms with Crippen molar-refractivity contribution in [3.05, 3.63) is 131 Å². The fourth-order valence-corrected chi connectivity index (χ4v) is 5.65. The number of carbonyl (C=O) groups is 1. The number of furan rings is 1. The largest absolute Gasteiger partial charge is 0.497 e. The number of aryl methyl sites for hydroxylation is 1. The van der Waals surface area contributed by atoms with E-state index in [1.54, 1.807) is 7.11 Å². The Morgan fingerprint density at radius 2 is 1.58 bits per heavy atom. The van der Waals surface area contributed by atoms with Crippen molar-refractivity contribution >= 4 is 22.3 Å². The highest BCUT2D eigenvalue weighted by molar-refractivity contribution is 6.11. The van der Waals surface area contributed by atoms with Crippen LogP contribution in [-0.4, -0.2) is 19.7 Å². The van der Waals surface area contributed by atoms with Crippen molar-refractivity contribution in [2.45, 2.75) is 19.8 Å². The number of hydrogen-bond acceptors (Lipinski definition) is 4. The minimum absolute atomic E-state index is 0.295. The zero-order chi connectivity index (χ0) is 26.2. The van der Waals surface area contributed by atoms with Crippen molar-refractivity contribution in [2.24, 2.45) is 0 Å². The van der Waals surface area contributed by atoms with Crippen molar-refractivity contribution in [1.29, 1.82) is 0 Å². The number of carbonyl (C=O) groups excluding carboxylic acids is 1. The Balaban J connectivity index is 1.70. The monoisotopic (exact) mass is 500 g/mol. The summed E-state index contributed by atoms with van der Waals surface area (Å²) in [7, 11) is 1.65. The molecule has 1 aliphatic rings. The molecule has 1 aliphatic carbocycles. The molecule has 38 heavy (non-hydrogen) atoms. The van der Waals surface area contributed by atoms with E-state index in [4.69, 9.17) is 13.9 Å². The highest BCUT2D eigenvalue weighted by Gasteiger charge is 2.43. The Morgan fingerprint density at radius 3 is 2.32 bits per heavy atom. The van der Waals surface area contributed by atoms with E-state index in [0.717, 1.165) is 61.4 Å². The smallest absolute Gasteiger partial charge is 0.335 e. The van der Waals surface area contributed by atoms with E-state index in [1.165, 1.54) is 0 Å². The van der Waals surface area contributed by atoms with Crippen molar-refractivity contribution < 1.29 is 18.7 Å². The minimum atomic E-state index is -0.336. The second-order valence-electron chi connectivity index (χ2n) is 9.38. The summed E-state index contributed by atoms with van der Waals surface area (Å²) in [6.07, 6.45) is 0. The SMILES string of the molecule is CCOC(=O)C1=C(c2ccccc2)c2c(-c3cccc4ccccc34)oc(C)c2C1c1ccc(OC)cc1. The predicted octanol–water partition coefficient (Wildman–Crippen LogP) is 7.93. The molecular formula is C34H28O4. The highest BCUT2D eigenvalue weighted by atomic mass is 16.5. The highest BCUT2D eigenvalue weighted by Crippen LogP contribution is 2.54. The van der Waals surface area contributed by atoms with Crippen molar-refractivity contribution in [2.75, 3.05) is 13.7 Å². The van der Waals surface area contributed by atoms with Crippen LogP contribution < -0.4 is 4.74 Å². The van der Waals surface area contributed by atoms with E-state index >= 15 is 0 Å². The quantitative estimate of drug-likeness (QED) is 0.222. The Kier molecular flexibility index (Phi) is 6.09. The second-order valence-corrected chi connectivity index (χ2v) is 9.38. The van der Waals surface area contributed by atoms with E-state index in [2.05, 4.69) is 30.3 Å². The summed E-state index contributed by atoms with van der Waals surface area (Å²) in [6, 6.07) is 32.5. The van der Waals surface area contributed by atoms with Crippen LogP contribution in [0.15, 0.2) is 107 Å². The first-order valence-electron chi connectivity index (χ1n) is 12.8. The summed E-state index contributed by atoms with van der Waals surface area (Å²) in [5, 5.41) is 2.23. The maximum absolute atomic E-state index is 13.7. The van der Waals surface area contributed by atoms with Crippen molar-refractivity contribution in [3.63, 3.8) is 0 Å².